The Labute approximate surface area is 156 Å². The largest absolute Gasteiger partial charge is 0.461 e. The Hall–Kier alpha value is -2.34. The van der Waals surface area contributed by atoms with Crippen molar-refractivity contribution in [2.24, 2.45) is 0 Å². The highest BCUT2D eigenvalue weighted by Crippen LogP contribution is 2.32. The summed E-state index contributed by atoms with van der Waals surface area (Å²) in [5.41, 5.74) is 3.69. The molecule has 0 aromatic carbocycles. The number of ether oxygens (including phenoxy) is 1. The van der Waals surface area contributed by atoms with Crippen LogP contribution in [0.4, 0.5) is 5.82 Å². The van der Waals surface area contributed by atoms with Crippen LogP contribution in [0.25, 0.3) is 0 Å². The highest BCUT2D eigenvalue weighted by atomic mass is 35.5. The maximum absolute atomic E-state index is 13.2. The van der Waals surface area contributed by atoms with Gasteiger partial charge in [-0.2, -0.15) is 0 Å². The molecule has 4 heterocycles. The van der Waals surface area contributed by atoms with Gasteiger partial charge in [-0.1, -0.05) is 11.6 Å². The number of amides is 1. The lowest BCUT2D eigenvalue weighted by molar-refractivity contribution is -0.142. The van der Waals surface area contributed by atoms with E-state index >= 15 is 0 Å². The average molecular weight is 374 g/mol. The summed E-state index contributed by atoms with van der Waals surface area (Å²) in [5.74, 6) is 0.00815. The van der Waals surface area contributed by atoms with Gasteiger partial charge in [0.1, 0.15) is 12.4 Å². The minimum atomic E-state index is -0.400. The van der Waals surface area contributed by atoms with Crippen molar-refractivity contribution in [3.8, 4) is 0 Å². The molecule has 0 radical (unpaired) electrons. The number of aromatic nitrogens is 2. The fourth-order valence-corrected chi connectivity index (χ4v) is 4.02. The summed E-state index contributed by atoms with van der Waals surface area (Å²) in [6, 6.07) is 3.67. The van der Waals surface area contributed by atoms with Gasteiger partial charge in [-0.25, -0.2) is 4.98 Å². The van der Waals surface area contributed by atoms with E-state index in [2.05, 4.69) is 9.55 Å². The van der Waals surface area contributed by atoms with Crippen LogP contribution in [0.15, 0.2) is 18.3 Å². The molecule has 0 fully saturated rings. The predicted molar refractivity (Wildman–Crippen MR) is 97.5 cm³/mol. The van der Waals surface area contributed by atoms with Crippen molar-refractivity contribution in [2.45, 2.75) is 45.8 Å². The van der Waals surface area contributed by atoms with Crippen LogP contribution in [0.5, 0.6) is 0 Å². The predicted octanol–water partition coefficient (Wildman–Crippen LogP) is 3.14. The van der Waals surface area contributed by atoms with Gasteiger partial charge < -0.3 is 9.30 Å². The molecular formula is C19H20ClN3O3. The molecule has 7 heteroatoms. The topological polar surface area (TPSA) is 64.4 Å². The number of carbonyl (C=O) groups is 2. The van der Waals surface area contributed by atoms with E-state index in [-0.39, 0.29) is 12.5 Å². The molecule has 2 aromatic heterocycles. The van der Waals surface area contributed by atoms with Crippen molar-refractivity contribution < 1.29 is 14.3 Å². The Morgan fingerprint density at radius 3 is 2.96 bits per heavy atom. The molecule has 6 nitrogen and oxygen atoms in total. The van der Waals surface area contributed by atoms with Crippen LogP contribution in [0, 0.1) is 0 Å². The number of anilines is 1. The van der Waals surface area contributed by atoms with Gasteiger partial charge >= 0.3 is 5.97 Å². The van der Waals surface area contributed by atoms with Gasteiger partial charge in [-0.05, 0) is 31.4 Å². The molecule has 0 saturated heterocycles. The van der Waals surface area contributed by atoms with Crippen LogP contribution < -0.4 is 4.90 Å². The first-order valence-corrected chi connectivity index (χ1v) is 9.24. The van der Waals surface area contributed by atoms with E-state index in [9.17, 15) is 9.59 Å². The number of hydrogen-bond acceptors (Lipinski definition) is 4. The van der Waals surface area contributed by atoms with Crippen molar-refractivity contribution in [2.75, 3.05) is 11.4 Å². The highest BCUT2D eigenvalue weighted by Gasteiger charge is 2.32. The Bertz CT molecular complexity index is 890. The molecule has 0 N–H and O–H groups in total. The molecule has 2 aliphatic rings. The number of nitrogens with zero attached hydrogens (tertiary/aromatic N) is 3. The first-order chi connectivity index (χ1) is 12.6. The smallest absolute Gasteiger partial charge is 0.302 e. The molecule has 0 bridgehead atoms. The summed E-state index contributed by atoms with van der Waals surface area (Å²) in [5, 5.41) is 0.436. The Morgan fingerprint density at radius 2 is 2.15 bits per heavy atom. The number of hydrogen-bond donors (Lipinski definition) is 0. The second-order valence-corrected chi connectivity index (χ2v) is 7.09. The molecule has 0 unspecified atom stereocenters. The van der Waals surface area contributed by atoms with Crippen LogP contribution in [-0.2, 0) is 35.5 Å². The normalized spacial score (nSPS) is 16.2. The number of esters is 1. The summed E-state index contributed by atoms with van der Waals surface area (Å²) >= 11 is 6.29. The Balaban J connectivity index is 1.70. The highest BCUT2D eigenvalue weighted by molar-refractivity contribution is 6.31. The lowest BCUT2D eigenvalue weighted by atomic mass is 10.1. The van der Waals surface area contributed by atoms with Crippen molar-refractivity contribution in [3.05, 3.63) is 45.9 Å². The first-order valence-electron chi connectivity index (χ1n) is 8.86. The zero-order valence-corrected chi connectivity index (χ0v) is 15.4. The second-order valence-electron chi connectivity index (χ2n) is 6.69. The van der Waals surface area contributed by atoms with Crippen LogP contribution >= 0.6 is 11.6 Å². The minimum absolute atomic E-state index is 0.000237. The Kier molecular flexibility index (Phi) is 4.44. The van der Waals surface area contributed by atoms with Crippen LogP contribution in [-0.4, -0.2) is 28.0 Å². The Morgan fingerprint density at radius 1 is 1.31 bits per heavy atom. The van der Waals surface area contributed by atoms with Crippen LogP contribution in [0.3, 0.4) is 0 Å². The van der Waals surface area contributed by atoms with Gasteiger partial charge in [-0.15, -0.1) is 0 Å². The third-order valence-corrected chi connectivity index (χ3v) is 5.41. The quantitative estimate of drug-likeness (QED) is 0.775. The number of carbonyl (C=O) groups excluding carboxylic acids is 2. The number of fused-ring (bicyclic) bond motifs is 3. The van der Waals surface area contributed by atoms with Gasteiger partial charge in [-0.3, -0.25) is 14.5 Å². The van der Waals surface area contributed by atoms with E-state index in [0.29, 0.717) is 22.9 Å². The van der Waals surface area contributed by atoms with Crippen LogP contribution in [0.1, 0.15) is 47.1 Å². The van der Waals surface area contributed by atoms with Crippen molar-refractivity contribution in [3.63, 3.8) is 0 Å². The molecule has 2 aliphatic heterocycles. The zero-order valence-electron chi connectivity index (χ0n) is 14.6. The summed E-state index contributed by atoms with van der Waals surface area (Å²) in [7, 11) is 0. The molecular weight excluding hydrogens is 354 g/mol. The average Bonchev–Trinajstić information content (AvgIpc) is 3.01. The maximum Gasteiger partial charge on any atom is 0.302 e. The first kappa shape index (κ1) is 17.1. The molecule has 1 amide bonds. The fraction of sp³-hybridized carbons (Fsp3) is 0.421. The number of pyridine rings is 1. The lowest BCUT2D eigenvalue weighted by Crippen LogP contribution is -2.39. The molecule has 0 spiro atoms. The van der Waals surface area contributed by atoms with Crippen molar-refractivity contribution >= 4 is 29.3 Å². The van der Waals surface area contributed by atoms with Crippen molar-refractivity contribution in [1.82, 2.24) is 9.55 Å². The van der Waals surface area contributed by atoms with E-state index in [1.54, 1.807) is 17.2 Å². The van der Waals surface area contributed by atoms with E-state index in [4.69, 9.17) is 16.3 Å². The number of halogens is 1. The summed E-state index contributed by atoms with van der Waals surface area (Å²) in [6.07, 6.45) is 5.70. The SMILES string of the molecule is CC(=O)OCc1c(Cl)ccnc1N1CCc2c(cc3n2CCCC3)C1=O. The molecule has 0 aliphatic carbocycles. The van der Waals surface area contributed by atoms with E-state index < -0.39 is 5.97 Å². The van der Waals surface area contributed by atoms with Gasteiger partial charge in [0.2, 0.25) is 0 Å². The standard InChI is InChI=1S/C19H20ClN3O3/c1-12(24)26-11-15-16(20)5-7-21-18(15)23-9-6-17-14(19(23)25)10-13-4-2-3-8-22(13)17/h5,7,10H,2-4,6,8-9,11H2,1H3. The monoisotopic (exact) mass is 373 g/mol. The number of rotatable bonds is 3. The summed E-state index contributed by atoms with van der Waals surface area (Å²) < 4.78 is 7.41. The van der Waals surface area contributed by atoms with Gasteiger partial charge in [0.05, 0.1) is 16.1 Å². The minimum Gasteiger partial charge on any atom is -0.461 e. The molecule has 4 rings (SSSR count). The van der Waals surface area contributed by atoms with Gasteiger partial charge in [0.15, 0.2) is 0 Å². The molecule has 2 aromatic rings. The van der Waals surface area contributed by atoms with E-state index in [1.165, 1.54) is 19.0 Å². The van der Waals surface area contributed by atoms with E-state index in [1.807, 2.05) is 6.07 Å². The summed E-state index contributed by atoms with van der Waals surface area (Å²) in [4.78, 5) is 30.4. The van der Waals surface area contributed by atoms with E-state index in [0.717, 1.165) is 37.1 Å². The van der Waals surface area contributed by atoms with Gasteiger partial charge in [0.25, 0.3) is 5.91 Å². The summed E-state index contributed by atoms with van der Waals surface area (Å²) in [6.45, 7) is 2.87. The zero-order chi connectivity index (χ0) is 18.3. The third kappa shape index (κ3) is 2.88. The molecule has 26 heavy (non-hydrogen) atoms. The third-order valence-electron chi connectivity index (χ3n) is 5.06. The van der Waals surface area contributed by atoms with Crippen molar-refractivity contribution in [1.29, 1.82) is 0 Å². The molecule has 136 valence electrons. The lowest BCUT2D eigenvalue weighted by Gasteiger charge is -2.29. The molecule has 0 saturated carbocycles. The van der Waals surface area contributed by atoms with Crippen LogP contribution in [0.2, 0.25) is 5.02 Å². The van der Waals surface area contributed by atoms with Gasteiger partial charge in [0, 0.05) is 44.0 Å². The fourth-order valence-electron chi connectivity index (χ4n) is 3.83. The number of aryl methyl sites for hydroxylation is 1. The maximum atomic E-state index is 13.2. The second kappa shape index (κ2) is 6.76. The molecule has 0 atom stereocenters.